The summed E-state index contributed by atoms with van der Waals surface area (Å²) in [4.78, 5) is 15.5. The molecule has 0 atom stereocenters. The molecular weight excluding hydrogens is 348 g/mol. The molecular formula is C19H23ClN6. The predicted octanol–water partition coefficient (Wildman–Crippen LogP) is 3.10. The third-order valence-corrected chi connectivity index (χ3v) is 5.23. The Balaban J connectivity index is 1.34. The lowest BCUT2D eigenvalue weighted by atomic mass is 10.0. The van der Waals surface area contributed by atoms with Gasteiger partial charge in [-0.1, -0.05) is 18.5 Å². The van der Waals surface area contributed by atoms with E-state index in [1.54, 1.807) is 6.33 Å². The number of pyridine rings is 1. The summed E-state index contributed by atoms with van der Waals surface area (Å²) in [6.45, 7) is 4.93. The van der Waals surface area contributed by atoms with Gasteiger partial charge in [0.2, 0.25) is 0 Å². The van der Waals surface area contributed by atoms with Gasteiger partial charge in [-0.25, -0.2) is 15.0 Å². The van der Waals surface area contributed by atoms with E-state index in [-0.39, 0.29) is 0 Å². The molecule has 3 aromatic rings. The molecule has 0 saturated carbocycles. The minimum absolute atomic E-state index is 0.503. The average Bonchev–Trinajstić information content (AvgIpc) is 3.09. The monoisotopic (exact) mass is 370 g/mol. The smallest absolute Gasteiger partial charge is 0.137 e. The third kappa shape index (κ3) is 3.66. The van der Waals surface area contributed by atoms with Gasteiger partial charge in [0.1, 0.15) is 17.8 Å². The molecule has 1 N–H and O–H groups in total. The lowest BCUT2D eigenvalue weighted by Crippen LogP contribution is -2.42. The highest BCUT2D eigenvalue weighted by atomic mass is 35.5. The van der Waals surface area contributed by atoms with E-state index in [4.69, 9.17) is 11.6 Å². The highest BCUT2D eigenvalue weighted by molar-refractivity contribution is 6.30. The van der Waals surface area contributed by atoms with Crippen LogP contribution >= 0.6 is 11.6 Å². The predicted molar refractivity (Wildman–Crippen MR) is 104 cm³/mol. The molecule has 0 spiro atoms. The second kappa shape index (κ2) is 7.60. The van der Waals surface area contributed by atoms with E-state index in [0.29, 0.717) is 6.04 Å². The molecule has 1 aliphatic rings. The lowest BCUT2D eigenvalue weighted by molar-refractivity contribution is 0.410. The van der Waals surface area contributed by atoms with Crippen molar-refractivity contribution >= 4 is 23.1 Å². The Morgan fingerprint density at radius 1 is 1.19 bits per heavy atom. The molecule has 1 aliphatic heterocycles. The van der Waals surface area contributed by atoms with E-state index in [2.05, 4.69) is 42.6 Å². The van der Waals surface area contributed by atoms with Crippen molar-refractivity contribution in [3.8, 4) is 0 Å². The fourth-order valence-corrected chi connectivity index (χ4v) is 3.61. The molecule has 0 radical (unpaired) electrons. The standard InChI is InChI=1S/C19H23ClN6/c1-2-15-9-19(24-13-23-15)25-7-5-16(6-8-25)21-10-17-11-22-18-4-3-14(20)12-26(17)18/h3-4,9,11-13,16,21H,2,5-8,10H2,1H3. The normalized spacial score (nSPS) is 15.7. The zero-order valence-corrected chi connectivity index (χ0v) is 15.7. The summed E-state index contributed by atoms with van der Waals surface area (Å²) < 4.78 is 2.05. The van der Waals surface area contributed by atoms with Gasteiger partial charge in [-0.05, 0) is 31.4 Å². The first-order chi connectivity index (χ1) is 12.7. The van der Waals surface area contributed by atoms with Crippen LogP contribution in [0.2, 0.25) is 5.02 Å². The number of nitrogens with one attached hydrogen (secondary N) is 1. The van der Waals surface area contributed by atoms with Crippen LogP contribution in [-0.2, 0) is 13.0 Å². The van der Waals surface area contributed by atoms with E-state index in [1.165, 1.54) is 0 Å². The largest absolute Gasteiger partial charge is 0.356 e. The number of aromatic nitrogens is 4. The Hall–Kier alpha value is -2.18. The Morgan fingerprint density at radius 3 is 2.85 bits per heavy atom. The molecule has 0 aliphatic carbocycles. The molecule has 0 unspecified atom stereocenters. The number of halogens is 1. The van der Waals surface area contributed by atoms with Crippen molar-refractivity contribution in [3.63, 3.8) is 0 Å². The van der Waals surface area contributed by atoms with E-state index in [0.717, 1.165) is 66.8 Å². The van der Waals surface area contributed by atoms with E-state index in [1.807, 2.05) is 24.5 Å². The fraction of sp³-hybridized carbons (Fsp3) is 0.421. The number of nitrogens with zero attached hydrogens (tertiary/aromatic N) is 5. The van der Waals surface area contributed by atoms with E-state index >= 15 is 0 Å². The molecule has 136 valence electrons. The number of rotatable bonds is 5. The first-order valence-electron chi connectivity index (χ1n) is 9.13. The number of anilines is 1. The van der Waals surface area contributed by atoms with Crippen LogP contribution in [0.15, 0.2) is 36.9 Å². The Labute approximate surface area is 158 Å². The number of fused-ring (bicyclic) bond motifs is 1. The number of aryl methyl sites for hydroxylation is 1. The zero-order valence-electron chi connectivity index (χ0n) is 14.9. The van der Waals surface area contributed by atoms with E-state index < -0.39 is 0 Å². The summed E-state index contributed by atoms with van der Waals surface area (Å²) in [5, 5.41) is 4.39. The Morgan fingerprint density at radius 2 is 2.04 bits per heavy atom. The van der Waals surface area contributed by atoms with Gasteiger partial charge in [0, 0.05) is 43.6 Å². The molecule has 1 saturated heterocycles. The van der Waals surface area contributed by atoms with Crippen LogP contribution in [0.1, 0.15) is 31.2 Å². The summed E-state index contributed by atoms with van der Waals surface area (Å²) in [5.74, 6) is 1.05. The molecule has 7 heteroatoms. The number of hydrogen-bond donors (Lipinski definition) is 1. The number of piperidine rings is 1. The van der Waals surface area contributed by atoms with Gasteiger partial charge < -0.3 is 14.6 Å². The van der Waals surface area contributed by atoms with Crippen LogP contribution in [0.3, 0.4) is 0 Å². The second-order valence-corrected chi connectivity index (χ2v) is 7.12. The minimum atomic E-state index is 0.503. The molecule has 4 rings (SSSR count). The minimum Gasteiger partial charge on any atom is -0.356 e. The maximum atomic E-state index is 6.11. The summed E-state index contributed by atoms with van der Waals surface area (Å²) in [7, 11) is 0. The van der Waals surface area contributed by atoms with Crippen LogP contribution in [0, 0.1) is 0 Å². The van der Waals surface area contributed by atoms with Crippen LogP contribution in [-0.4, -0.2) is 38.5 Å². The Bertz CT molecular complexity index is 885. The van der Waals surface area contributed by atoms with Crippen LogP contribution < -0.4 is 10.2 Å². The SMILES string of the molecule is CCc1cc(N2CCC(NCc3cnc4ccc(Cl)cn34)CC2)ncn1. The second-order valence-electron chi connectivity index (χ2n) is 6.69. The van der Waals surface area contributed by atoms with Gasteiger partial charge in [-0.3, -0.25) is 0 Å². The summed E-state index contributed by atoms with van der Waals surface area (Å²) in [5.41, 5.74) is 3.16. The number of hydrogen-bond acceptors (Lipinski definition) is 5. The average molecular weight is 371 g/mol. The van der Waals surface area contributed by atoms with Crippen molar-refractivity contribution in [1.82, 2.24) is 24.7 Å². The van der Waals surface area contributed by atoms with Gasteiger partial charge in [-0.15, -0.1) is 0 Å². The highest BCUT2D eigenvalue weighted by Crippen LogP contribution is 2.19. The molecule has 26 heavy (non-hydrogen) atoms. The van der Waals surface area contributed by atoms with Crippen molar-refractivity contribution in [2.75, 3.05) is 18.0 Å². The van der Waals surface area contributed by atoms with Crippen molar-refractivity contribution in [3.05, 3.63) is 53.3 Å². The zero-order chi connectivity index (χ0) is 17.9. The van der Waals surface area contributed by atoms with Gasteiger partial charge in [0.05, 0.1) is 16.9 Å². The van der Waals surface area contributed by atoms with Crippen molar-refractivity contribution in [2.24, 2.45) is 0 Å². The van der Waals surface area contributed by atoms with Crippen LogP contribution in [0.4, 0.5) is 5.82 Å². The van der Waals surface area contributed by atoms with Gasteiger partial charge >= 0.3 is 0 Å². The molecule has 1 fully saturated rings. The van der Waals surface area contributed by atoms with Gasteiger partial charge in [0.25, 0.3) is 0 Å². The molecule has 0 aromatic carbocycles. The quantitative estimate of drug-likeness (QED) is 0.747. The van der Waals surface area contributed by atoms with Gasteiger partial charge in [-0.2, -0.15) is 0 Å². The topological polar surface area (TPSA) is 58.4 Å². The van der Waals surface area contributed by atoms with Crippen LogP contribution in [0.5, 0.6) is 0 Å². The third-order valence-electron chi connectivity index (χ3n) is 5.01. The number of imidazole rings is 1. The summed E-state index contributed by atoms with van der Waals surface area (Å²) in [6, 6.07) is 6.42. The van der Waals surface area contributed by atoms with E-state index in [9.17, 15) is 0 Å². The first-order valence-corrected chi connectivity index (χ1v) is 9.51. The molecule has 0 amide bonds. The first kappa shape index (κ1) is 17.2. The fourth-order valence-electron chi connectivity index (χ4n) is 3.45. The maximum Gasteiger partial charge on any atom is 0.137 e. The Kier molecular flexibility index (Phi) is 5.04. The lowest BCUT2D eigenvalue weighted by Gasteiger charge is -2.33. The summed E-state index contributed by atoms with van der Waals surface area (Å²) in [6.07, 6.45) is 8.65. The molecule has 0 bridgehead atoms. The molecule has 3 aromatic heterocycles. The van der Waals surface area contributed by atoms with Crippen molar-refractivity contribution in [2.45, 2.75) is 38.8 Å². The molecule has 4 heterocycles. The van der Waals surface area contributed by atoms with Gasteiger partial charge in [0.15, 0.2) is 0 Å². The maximum absolute atomic E-state index is 6.11. The van der Waals surface area contributed by atoms with Crippen molar-refractivity contribution < 1.29 is 0 Å². The van der Waals surface area contributed by atoms with Crippen molar-refractivity contribution in [1.29, 1.82) is 0 Å². The molecule has 6 nitrogen and oxygen atoms in total. The highest BCUT2D eigenvalue weighted by Gasteiger charge is 2.20. The van der Waals surface area contributed by atoms with Crippen LogP contribution in [0.25, 0.3) is 5.65 Å². The summed E-state index contributed by atoms with van der Waals surface area (Å²) >= 11 is 6.11.